The van der Waals surface area contributed by atoms with Gasteiger partial charge in [-0.15, -0.1) is 0 Å². The molecule has 2 rings (SSSR count). The molecule has 0 radical (unpaired) electrons. The maximum Gasteiger partial charge on any atom is 0.0674 e. The van der Waals surface area contributed by atoms with Gasteiger partial charge in [-0.05, 0) is 32.4 Å². The molecule has 1 atom stereocenters. The van der Waals surface area contributed by atoms with E-state index in [0.717, 1.165) is 50.6 Å². The lowest BCUT2D eigenvalue weighted by Gasteiger charge is -2.21. The van der Waals surface area contributed by atoms with E-state index in [4.69, 9.17) is 4.74 Å². The smallest absolute Gasteiger partial charge is 0.0674 e. The zero-order valence-corrected chi connectivity index (χ0v) is 11.4. The summed E-state index contributed by atoms with van der Waals surface area (Å²) in [5.74, 6) is 0. The van der Waals surface area contributed by atoms with E-state index in [1.54, 1.807) is 0 Å². The Morgan fingerprint density at radius 2 is 2.44 bits per heavy atom. The summed E-state index contributed by atoms with van der Waals surface area (Å²) >= 11 is 0. The number of aromatic nitrogens is 1. The van der Waals surface area contributed by atoms with Crippen molar-refractivity contribution in [1.82, 2.24) is 9.88 Å². The van der Waals surface area contributed by atoms with Gasteiger partial charge in [-0.1, -0.05) is 0 Å². The minimum Gasteiger partial charge on any atom is -0.385 e. The van der Waals surface area contributed by atoms with Crippen molar-refractivity contribution in [2.75, 3.05) is 31.6 Å². The van der Waals surface area contributed by atoms with Crippen LogP contribution in [-0.2, 0) is 11.3 Å². The molecule has 0 aliphatic carbocycles. The molecule has 0 spiro atoms. The van der Waals surface area contributed by atoms with E-state index in [9.17, 15) is 0 Å². The van der Waals surface area contributed by atoms with Gasteiger partial charge in [0, 0.05) is 44.7 Å². The van der Waals surface area contributed by atoms with Gasteiger partial charge >= 0.3 is 0 Å². The van der Waals surface area contributed by atoms with Crippen molar-refractivity contribution in [3.8, 4) is 0 Å². The summed E-state index contributed by atoms with van der Waals surface area (Å²) in [4.78, 5) is 6.88. The highest BCUT2D eigenvalue weighted by Gasteiger charge is 2.15. The molecule has 1 aliphatic rings. The molecule has 1 aliphatic heterocycles. The average Bonchev–Trinajstić information content (AvgIpc) is 2.54. The second-order valence-electron chi connectivity index (χ2n) is 4.84. The molecule has 0 bridgehead atoms. The van der Waals surface area contributed by atoms with E-state index in [1.807, 2.05) is 12.3 Å². The summed E-state index contributed by atoms with van der Waals surface area (Å²) < 4.78 is 5.66. The van der Waals surface area contributed by atoms with E-state index in [2.05, 4.69) is 35.1 Å². The van der Waals surface area contributed by atoms with Crippen LogP contribution >= 0.6 is 0 Å². The molecule has 0 saturated carbocycles. The number of hydrogen-bond acceptors (Lipinski definition) is 4. The molecule has 4 nitrogen and oxygen atoms in total. The topological polar surface area (TPSA) is 37.4 Å². The second-order valence-corrected chi connectivity index (χ2v) is 4.84. The van der Waals surface area contributed by atoms with Crippen LogP contribution in [0.15, 0.2) is 18.3 Å². The van der Waals surface area contributed by atoms with Crippen LogP contribution in [0.4, 0.5) is 5.69 Å². The Hall–Kier alpha value is -1.13. The third-order valence-electron chi connectivity index (χ3n) is 3.12. The van der Waals surface area contributed by atoms with Crippen molar-refractivity contribution in [2.45, 2.75) is 32.9 Å². The molecule has 0 aromatic carbocycles. The number of ether oxygens (including phenoxy) is 1. The van der Waals surface area contributed by atoms with E-state index < -0.39 is 0 Å². The lowest BCUT2D eigenvalue weighted by molar-refractivity contribution is 0.0666. The van der Waals surface area contributed by atoms with Crippen molar-refractivity contribution in [2.24, 2.45) is 0 Å². The summed E-state index contributed by atoms with van der Waals surface area (Å²) in [6.45, 7) is 9.06. The fraction of sp³-hybridized carbons (Fsp3) is 0.643. The van der Waals surface area contributed by atoms with E-state index in [-0.39, 0.29) is 0 Å². The first kappa shape index (κ1) is 13.3. The SMILES string of the molecule is CCNc1ccnc(CN2CCCOC(C)C2)c1. The molecule has 1 N–H and O–H groups in total. The van der Waals surface area contributed by atoms with Crippen LogP contribution in [0, 0.1) is 0 Å². The molecule has 1 aromatic rings. The van der Waals surface area contributed by atoms with Crippen molar-refractivity contribution < 1.29 is 4.74 Å². The number of nitrogens with one attached hydrogen (secondary N) is 1. The minimum absolute atomic E-state index is 0.324. The van der Waals surface area contributed by atoms with Crippen LogP contribution in [0.5, 0.6) is 0 Å². The third-order valence-corrected chi connectivity index (χ3v) is 3.12. The Bertz CT molecular complexity index is 370. The Morgan fingerprint density at radius 1 is 1.56 bits per heavy atom. The lowest BCUT2D eigenvalue weighted by Crippen LogP contribution is -2.30. The summed E-state index contributed by atoms with van der Waals surface area (Å²) in [6, 6.07) is 4.15. The molecule has 1 saturated heterocycles. The maximum absolute atomic E-state index is 5.66. The maximum atomic E-state index is 5.66. The van der Waals surface area contributed by atoms with Crippen LogP contribution in [-0.4, -0.2) is 42.2 Å². The predicted octanol–water partition coefficient (Wildman–Crippen LogP) is 2.12. The van der Waals surface area contributed by atoms with Crippen molar-refractivity contribution in [3.05, 3.63) is 24.0 Å². The van der Waals surface area contributed by atoms with Crippen molar-refractivity contribution >= 4 is 5.69 Å². The Balaban J connectivity index is 1.96. The Labute approximate surface area is 109 Å². The molecule has 1 fully saturated rings. The van der Waals surface area contributed by atoms with Gasteiger partial charge in [0.1, 0.15) is 0 Å². The van der Waals surface area contributed by atoms with Gasteiger partial charge in [-0.3, -0.25) is 9.88 Å². The molecule has 4 heteroatoms. The van der Waals surface area contributed by atoms with Crippen LogP contribution < -0.4 is 5.32 Å². The van der Waals surface area contributed by atoms with Crippen molar-refractivity contribution in [1.29, 1.82) is 0 Å². The zero-order chi connectivity index (χ0) is 12.8. The molecule has 18 heavy (non-hydrogen) atoms. The largest absolute Gasteiger partial charge is 0.385 e. The number of nitrogens with zero attached hydrogens (tertiary/aromatic N) is 2. The standard InChI is InChI=1S/C14H23N3O/c1-3-15-13-5-6-16-14(9-13)11-17-7-4-8-18-12(2)10-17/h5-6,9,12H,3-4,7-8,10-11H2,1-2H3,(H,15,16). The molecular formula is C14H23N3O. The molecule has 2 heterocycles. The fourth-order valence-corrected chi connectivity index (χ4v) is 2.33. The van der Waals surface area contributed by atoms with Gasteiger partial charge in [-0.25, -0.2) is 0 Å². The Kier molecular flexibility index (Phi) is 4.96. The highest BCUT2D eigenvalue weighted by molar-refractivity contribution is 5.42. The lowest BCUT2D eigenvalue weighted by atomic mass is 10.2. The van der Waals surface area contributed by atoms with Crippen molar-refractivity contribution in [3.63, 3.8) is 0 Å². The Morgan fingerprint density at radius 3 is 3.28 bits per heavy atom. The van der Waals surface area contributed by atoms with Gasteiger partial charge in [0.25, 0.3) is 0 Å². The normalized spacial score (nSPS) is 21.6. The highest BCUT2D eigenvalue weighted by atomic mass is 16.5. The summed E-state index contributed by atoms with van der Waals surface area (Å²) in [5, 5.41) is 3.32. The van der Waals surface area contributed by atoms with Gasteiger partial charge in [0.05, 0.1) is 11.8 Å². The van der Waals surface area contributed by atoms with E-state index in [1.165, 1.54) is 0 Å². The molecule has 100 valence electrons. The summed E-state index contributed by atoms with van der Waals surface area (Å²) in [7, 11) is 0. The number of hydrogen-bond donors (Lipinski definition) is 1. The fourth-order valence-electron chi connectivity index (χ4n) is 2.33. The predicted molar refractivity (Wildman–Crippen MR) is 73.7 cm³/mol. The molecule has 1 unspecified atom stereocenters. The first-order valence-corrected chi connectivity index (χ1v) is 6.80. The van der Waals surface area contributed by atoms with Gasteiger partial charge < -0.3 is 10.1 Å². The van der Waals surface area contributed by atoms with Gasteiger partial charge in [0.15, 0.2) is 0 Å². The summed E-state index contributed by atoms with van der Waals surface area (Å²) in [6.07, 6.45) is 3.31. The minimum atomic E-state index is 0.324. The monoisotopic (exact) mass is 249 g/mol. The quantitative estimate of drug-likeness (QED) is 0.887. The van der Waals surface area contributed by atoms with Crippen LogP contribution in [0.3, 0.4) is 0 Å². The first-order chi connectivity index (χ1) is 8.78. The number of anilines is 1. The second kappa shape index (κ2) is 6.71. The summed E-state index contributed by atoms with van der Waals surface area (Å²) in [5.41, 5.74) is 2.28. The van der Waals surface area contributed by atoms with E-state index >= 15 is 0 Å². The molecule has 0 amide bonds. The van der Waals surface area contributed by atoms with Crippen LogP contribution in [0.1, 0.15) is 26.0 Å². The average molecular weight is 249 g/mol. The van der Waals surface area contributed by atoms with Crippen LogP contribution in [0.2, 0.25) is 0 Å². The van der Waals surface area contributed by atoms with Gasteiger partial charge in [-0.2, -0.15) is 0 Å². The third kappa shape index (κ3) is 3.96. The molecular weight excluding hydrogens is 226 g/mol. The number of rotatable bonds is 4. The van der Waals surface area contributed by atoms with E-state index in [0.29, 0.717) is 6.10 Å². The van der Waals surface area contributed by atoms with Crippen LogP contribution in [0.25, 0.3) is 0 Å². The first-order valence-electron chi connectivity index (χ1n) is 6.80. The van der Waals surface area contributed by atoms with Gasteiger partial charge in [0.2, 0.25) is 0 Å². The zero-order valence-electron chi connectivity index (χ0n) is 11.4. The molecule has 1 aromatic heterocycles. The number of pyridine rings is 1. The highest BCUT2D eigenvalue weighted by Crippen LogP contribution is 2.12.